The van der Waals surface area contributed by atoms with E-state index < -0.39 is 24.2 Å². The van der Waals surface area contributed by atoms with E-state index in [1.807, 2.05) is 19.4 Å². The van der Waals surface area contributed by atoms with E-state index in [1.165, 1.54) is 11.0 Å². The second-order valence-corrected chi connectivity index (χ2v) is 6.91. The second kappa shape index (κ2) is 11.7. The molecule has 0 bridgehead atoms. The molecule has 0 radical (unpaired) electrons. The fourth-order valence-corrected chi connectivity index (χ4v) is 3.11. The summed E-state index contributed by atoms with van der Waals surface area (Å²) in [5.74, 6) is -2.52. The van der Waals surface area contributed by atoms with Gasteiger partial charge in [-0.2, -0.15) is 0 Å². The fourth-order valence-electron chi connectivity index (χ4n) is 3.11. The molecule has 0 aromatic heterocycles. The minimum absolute atomic E-state index is 0.0348. The van der Waals surface area contributed by atoms with E-state index >= 15 is 0 Å². The molecule has 1 aliphatic heterocycles. The van der Waals surface area contributed by atoms with Gasteiger partial charge in [0, 0.05) is 35.5 Å². The summed E-state index contributed by atoms with van der Waals surface area (Å²) in [6.45, 7) is -0.927. The Morgan fingerprint density at radius 2 is 1.84 bits per heavy atom. The first-order valence-electron chi connectivity index (χ1n) is 9.75. The lowest BCUT2D eigenvalue weighted by molar-refractivity contribution is -0.132. The maximum absolute atomic E-state index is 14.2. The molecule has 4 N–H and O–H groups in total. The molecule has 0 saturated carbocycles. The lowest BCUT2D eigenvalue weighted by Gasteiger charge is -2.15. The number of carbonyl (C=O) groups excluding carboxylic acids is 4. The third-order valence-electron chi connectivity index (χ3n) is 4.50. The molecule has 10 heteroatoms. The molecule has 0 aliphatic carbocycles. The van der Waals surface area contributed by atoms with Crippen molar-refractivity contribution in [1.29, 1.82) is 0 Å². The Kier molecular flexibility index (Phi) is 8.99. The van der Waals surface area contributed by atoms with Crippen LogP contribution >= 0.6 is 0 Å². The first kappa shape index (κ1) is 24.6. The quantitative estimate of drug-likeness (QED) is 0.463. The number of fused-ring (bicyclic) bond motifs is 1. The number of imide groups is 1. The van der Waals surface area contributed by atoms with Crippen molar-refractivity contribution < 1.29 is 28.7 Å². The van der Waals surface area contributed by atoms with Crippen LogP contribution in [0.4, 0.5) is 10.1 Å². The predicted octanol–water partition coefficient (Wildman–Crippen LogP) is 0.677. The molecule has 0 saturated heterocycles. The van der Waals surface area contributed by atoms with Crippen molar-refractivity contribution >= 4 is 29.7 Å². The number of aldehydes is 1. The van der Waals surface area contributed by atoms with E-state index in [2.05, 4.69) is 10.6 Å². The largest absolute Gasteiger partial charge is 0.387 e. The van der Waals surface area contributed by atoms with Crippen molar-refractivity contribution in [2.75, 3.05) is 32.6 Å². The van der Waals surface area contributed by atoms with E-state index in [0.29, 0.717) is 28.7 Å². The van der Waals surface area contributed by atoms with Crippen molar-refractivity contribution in [3.63, 3.8) is 0 Å². The Bertz CT molecular complexity index is 1010. The first-order valence-corrected chi connectivity index (χ1v) is 9.75. The Hall–Kier alpha value is -3.63. The molecule has 3 rings (SSSR count). The lowest BCUT2D eigenvalue weighted by Crippen LogP contribution is -2.41. The second-order valence-electron chi connectivity index (χ2n) is 6.91. The van der Waals surface area contributed by atoms with E-state index in [-0.39, 0.29) is 31.1 Å². The number of benzene rings is 2. The van der Waals surface area contributed by atoms with Gasteiger partial charge in [0.2, 0.25) is 5.91 Å². The maximum Gasteiger partial charge on any atom is 0.255 e. The summed E-state index contributed by atoms with van der Waals surface area (Å²) in [6.07, 6.45) is 0.447. The van der Waals surface area contributed by atoms with Crippen LogP contribution in [0, 0.1) is 5.82 Å². The number of aliphatic hydroxyl groups is 1. The number of amides is 3. The summed E-state index contributed by atoms with van der Waals surface area (Å²) < 4.78 is 14.2. The Balaban J connectivity index is 0.00000114. The average molecular weight is 444 g/mol. The smallest absolute Gasteiger partial charge is 0.255 e. The van der Waals surface area contributed by atoms with Crippen LogP contribution in [0.1, 0.15) is 31.8 Å². The number of hydrogen-bond donors (Lipinski definition) is 4. The van der Waals surface area contributed by atoms with Gasteiger partial charge in [0.1, 0.15) is 19.0 Å². The third kappa shape index (κ3) is 5.96. The van der Waals surface area contributed by atoms with Crippen molar-refractivity contribution in [2.45, 2.75) is 13.1 Å². The van der Waals surface area contributed by atoms with Crippen LogP contribution in [-0.4, -0.2) is 61.3 Å². The molecule has 0 fully saturated rings. The zero-order valence-corrected chi connectivity index (χ0v) is 17.8. The van der Waals surface area contributed by atoms with Crippen LogP contribution < -0.4 is 16.0 Å². The number of aliphatic hydroxyl groups excluding tert-OH is 1. The zero-order valence-electron chi connectivity index (χ0n) is 17.8. The molecule has 3 amide bonds. The van der Waals surface area contributed by atoms with E-state index in [0.717, 1.165) is 0 Å². The summed E-state index contributed by atoms with van der Waals surface area (Å²) in [6, 6.07) is 9.53. The molecule has 2 aromatic rings. The van der Waals surface area contributed by atoms with Gasteiger partial charge in [-0.3, -0.25) is 24.5 Å². The zero-order chi connectivity index (χ0) is 23.7. The van der Waals surface area contributed by atoms with Gasteiger partial charge in [0.05, 0.1) is 5.56 Å². The topological polar surface area (TPSA) is 128 Å². The molecule has 9 nitrogen and oxygen atoms in total. The maximum atomic E-state index is 14.2. The number of anilines is 1. The molecule has 1 heterocycles. The van der Waals surface area contributed by atoms with Gasteiger partial charge in [-0.1, -0.05) is 18.2 Å². The van der Waals surface area contributed by atoms with E-state index in [9.17, 15) is 23.6 Å². The Morgan fingerprint density at radius 3 is 2.50 bits per heavy atom. The Labute approximate surface area is 184 Å². The van der Waals surface area contributed by atoms with Crippen LogP contribution in [0.5, 0.6) is 0 Å². The van der Waals surface area contributed by atoms with Crippen LogP contribution in [0.3, 0.4) is 0 Å². The van der Waals surface area contributed by atoms with E-state index in [4.69, 9.17) is 5.11 Å². The first-order chi connectivity index (χ1) is 15.4. The lowest BCUT2D eigenvalue weighted by atomic mass is 10.1. The van der Waals surface area contributed by atoms with Crippen LogP contribution in [0.15, 0.2) is 36.4 Å². The average Bonchev–Trinajstić information content (AvgIpc) is 3.09. The molecule has 0 spiro atoms. The van der Waals surface area contributed by atoms with Gasteiger partial charge in [0.15, 0.2) is 6.29 Å². The highest BCUT2D eigenvalue weighted by Gasteiger charge is 2.30. The highest BCUT2D eigenvalue weighted by atomic mass is 19.1. The normalized spacial score (nSPS) is 11.9. The highest BCUT2D eigenvalue weighted by molar-refractivity contribution is 6.03. The third-order valence-corrected chi connectivity index (χ3v) is 4.50. The van der Waals surface area contributed by atoms with Crippen LogP contribution in [0.2, 0.25) is 0 Å². The number of hydrogen-bond acceptors (Lipinski definition) is 7. The SMILES string of the molecule is CNC.O=Cc1cccc(CNc2cccc3c2CN(CC(=O)NC(=O)CO)C3=O)c1F. The Morgan fingerprint density at radius 1 is 1.16 bits per heavy atom. The summed E-state index contributed by atoms with van der Waals surface area (Å²) in [7, 11) is 3.75. The van der Waals surface area contributed by atoms with Gasteiger partial charge in [-0.05, 0) is 32.3 Å². The van der Waals surface area contributed by atoms with Gasteiger partial charge in [-0.15, -0.1) is 0 Å². The summed E-state index contributed by atoms with van der Waals surface area (Å²) in [4.78, 5) is 47.6. The van der Waals surface area contributed by atoms with Crippen LogP contribution in [-0.2, 0) is 22.7 Å². The molecular formula is C22H25FN4O5. The molecular weight excluding hydrogens is 419 g/mol. The van der Waals surface area contributed by atoms with Crippen molar-refractivity contribution in [1.82, 2.24) is 15.5 Å². The van der Waals surface area contributed by atoms with Crippen LogP contribution in [0.25, 0.3) is 0 Å². The molecule has 0 unspecified atom stereocenters. The molecule has 1 aliphatic rings. The number of rotatable bonds is 7. The number of carbonyl (C=O) groups is 4. The van der Waals surface area contributed by atoms with Crippen molar-refractivity contribution in [2.24, 2.45) is 0 Å². The summed E-state index contributed by atoms with van der Waals surface area (Å²) >= 11 is 0. The van der Waals surface area contributed by atoms with Gasteiger partial charge in [0.25, 0.3) is 11.8 Å². The number of nitrogens with one attached hydrogen (secondary N) is 3. The minimum Gasteiger partial charge on any atom is -0.387 e. The number of nitrogens with zero attached hydrogens (tertiary/aromatic N) is 1. The number of halogens is 1. The van der Waals surface area contributed by atoms with Gasteiger partial charge in [-0.25, -0.2) is 4.39 Å². The standard InChI is InChI=1S/C20H18FN3O5.C2H7N/c21-19-12(3-1-4-13(19)10-25)7-22-16-6-2-5-14-15(16)8-24(20(14)29)9-17(27)23-18(28)11-26;1-3-2/h1-6,10,22,26H,7-9,11H2,(H,23,27,28);3H,1-2H3. The van der Waals surface area contributed by atoms with Gasteiger partial charge < -0.3 is 20.6 Å². The molecule has 170 valence electrons. The molecule has 32 heavy (non-hydrogen) atoms. The predicted molar refractivity (Wildman–Crippen MR) is 116 cm³/mol. The highest BCUT2D eigenvalue weighted by Crippen LogP contribution is 2.29. The van der Waals surface area contributed by atoms with Crippen molar-refractivity contribution in [3.8, 4) is 0 Å². The monoisotopic (exact) mass is 444 g/mol. The molecule has 0 atom stereocenters. The summed E-state index contributed by atoms with van der Waals surface area (Å²) in [5, 5.41) is 16.5. The fraction of sp³-hybridized carbons (Fsp3) is 0.273. The van der Waals surface area contributed by atoms with Gasteiger partial charge >= 0.3 is 0 Å². The molecule has 2 aromatic carbocycles. The van der Waals surface area contributed by atoms with Crippen molar-refractivity contribution in [3.05, 3.63) is 64.5 Å². The minimum atomic E-state index is -0.846. The summed E-state index contributed by atoms with van der Waals surface area (Å²) in [5.41, 5.74) is 1.91. The van der Waals surface area contributed by atoms with E-state index in [1.54, 1.807) is 30.3 Å².